The monoisotopic (exact) mass is 493 g/mol. The molecular weight excluding hydrogens is 458 g/mol. The number of benzene rings is 1. The Kier molecular flexibility index (Phi) is 7.86. The maximum atomic E-state index is 13.8. The molecule has 0 spiro atoms. The molecule has 2 saturated heterocycles. The lowest BCUT2D eigenvalue weighted by atomic mass is 9.75. The Morgan fingerprint density at radius 1 is 1.06 bits per heavy atom. The van der Waals surface area contributed by atoms with Crippen LogP contribution in [0.3, 0.4) is 0 Å². The van der Waals surface area contributed by atoms with Crippen LogP contribution in [-0.4, -0.2) is 77.3 Å². The molecule has 0 N–H and O–H groups in total. The lowest BCUT2D eigenvalue weighted by Crippen LogP contribution is -2.44. The van der Waals surface area contributed by atoms with Gasteiger partial charge < -0.3 is 14.5 Å². The van der Waals surface area contributed by atoms with E-state index in [-0.39, 0.29) is 30.6 Å². The molecule has 0 bridgehead atoms. The number of carbonyl (C=O) groups is 3. The molecule has 2 aliphatic heterocycles. The molecule has 0 aliphatic carbocycles. The summed E-state index contributed by atoms with van der Waals surface area (Å²) in [6.45, 7) is 6.95. The number of rotatable bonds is 8. The van der Waals surface area contributed by atoms with Crippen molar-refractivity contribution in [1.29, 1.82) is 0 Å². The van der Waals surface area contributed by atoms with Gasteiger partial charge in [-0.3, -0.25) is 19.3 Å². The fourth-order valence-corrected chi connectivity index (χ4v) is 4.98. The summed E-state index contributed by atoms with van der Waals surface area (Å²) in [5, 5.41) is 0. The zero-order valence-electron chi connectivity index (χ0n) is 21.4. The third-order valence-corrected chi connectivity index (χ3v) is 7.12. The number of methoxy groups -OCH3 is 1. The first-order chi connectivity index (χ1) is 17.3. The average Bonchev–Trinajstić information content (AvgIpc) is 3.03. The van der Waals surface area contributed by atoms with Gasteiger partial charge in [-0.1, -0.05) is 26.0 Å². The number of hydrogen-bond acceptors (Lipinski definition) is 7. The van der Waals surface area contributed by atoms with Crippen LogP contribution in [0, 0.1) is 5.92 Å². The van der Waals surface area contributed by atoms with E-state index in [4.69, 9.17) is 4.74 Å². The number of ether oxygens (including phenoxy) is 1. The number of amides is 3. The lowest BCUT2D eigenvalue weighted by molar-refractivity contribution is -0.142. The predicted molar refractivity (Wildman–Crippen MR) is 136 cm³/mol. The van der Waals surface area contributed by atoms with Crippen LogP contribution in [0.5, 0.6) is 5.75 Å². The standard InChI is InChI=1S/C27H35N5O4/c1-20(2)10-15-32-24(34)19-27(25(32)35,21-6-8-22(36-3)9-7-21)18-23(33)30-13-5-14-31(17-16-30)26-28-11-4-12-29-26/h4,6-9,11-12,20H,5,10,13-19H2,1-3H3/t27-/m1/s1. The fraction of sp³-hybridized carbons (Fsp3) is 0.519. The zero-order valence-corrected chi connectivity index (χ0v) is 21.4. The number of carbonyl (C=O) groups excluding carboxylic acids is 3. The molecule has 9 heteroatoms. The molecule has 0 radical (unpaired) electrons. The van der Waals surface area contributed by atoms with Crippen molar-refractivity contribution in [1.82, 2.24) is 19.8 Å². The summed E-state index contributed by atoms with van der Waals surface area (Å²) in [5.74, 6) is 1.06. The fourth-order valence-electron chi connectivity index (χ4n) is 4.98. The van der Waals surface area contributed by atoms with Crippen molar-refractivity contribution < 1.29 is 19.1 Å². The van der Waals surface area contributed by atoms with Gasteiger partial charge in [0.25, 0.3) is 0 Å². The maximum Gasteiger partial charge on any atom is 0.240 e. The highest BCUT2D eigenvalue weighted by Crippen LogP contribution is 2.41. The molecule has 3 heterocycles. The SMILES string of the molecule is COc1ccc([C@@]2(CC(=O)N3CCCN(c4ncccn4)CC3)CC(=O)N(CCC(C)C)C2=O)cc1. The predicted octanol–water partition coefficient (Wildman–Crippen LogP) is 2.66. The van der Waals surface area contributed by atoms with Crippen molar-refractivity contribution in [2.45, 2.75) is 44.9 Å². The second kappa shape index (κ2) is 11.1. The van der Waals surface area contributed by atoms with Crippen LogP contribution < -0.4 is 9.64 Å². The van der Waals surface area contributed by atoms with Gasteiger partial charge in [-0.2, -0.15) is 0 Å². The minimum atomic E-state index is -1.20. The molecular formula is C27H35N5O4. The largest absolute Gasteiger partial charge is 0.497 e. The highest BCUT2D eigenvalue weighted by Gasteiger charge is 2.54. The van der Waals surface area contributed by atoms with E-state index < -0.39 is 5.41 Å². The molecule has 1 aromatic heterocycles. The Balaban J connectivity index is 1.56. The summed E-state index contributed by atoms with van der Waals surface area (Å²) in [7, 11) is 1.58. The number of nitrogens with zero attached hydrogens (tertiary/aromatic N) is 5. The first kappa shape index (κ1) is 25.6. The molecule has 2 aromatic rings. The summed E-state index contributed by atoms with van der Waals surface area (Å²) in [6.07, 6.45) is 4.88. The molecule has 2 fully saturated rings. The van der Waals surface area contributed by atoms with Crippen molar-refractivity contribution >= 4 is 23.7 Å². The van der Waals surface area contributed by atoms with Crippen LogP contribution in [0.15, 0.2) is 42.7 Å². The van der Waals surface area contributed by atoms with Crippen LogP contribution in [0.4, 0.5) is 5.95 Å². The number of imide groups is 1. The van der Waals surface area contributed by atoms with Crippen LogP contribution in [-0.2, 0) is 19.8 Å². The zero-order chi connectivity index (χ0) is 25.7. The van der Waals surface area contributed by atoms with Crippen LogP contribution in [0.25, 0.3) is 0 Å². The molecule has 192 valence electrons. The summed E-state index contributed by atoms with van der Waals surface area (Å²) in [6, 6.07) is 8.94. The van der Waals surface area contributed by atoms with E-state index in [1.54, 1.807) is 49.8 Å². The third kappa shape index (κ3) is 5.34. The number of likely N-dealkylation sites (tertiary alicyclic amines) is 1. The maximum absolute atomic E-state index is 13.8. The second-order valence-electron chi connectivity index (χ2n) is 9.97. The summed E-state index contributed by atoms with van der Waals surface area (Å²) >= 11 is 0. The van der Waals surface area contributed by atoms with Crippen molar-refractivity contribution in [3.63, 3.8) is 0 Å². The van der Waals surface area contributed by atoms with Gasteiger partial charge in [-0.25, -0.2) is 9.97 Å². The van der Waals surface area contributed by atoms with Crippen molar-refractivity contribution in [2.24, 2.45) is 5.92 Å². The molecule has 36 heavy (non-hydrogen) atoms. The highest BCUT2D eigenvalue weighted by molar-refractivity contribution is 6.10. The highest BCUT2D eigenvalue weighted by atomic mass is 16.5. The van der Waals surface area contributed by atoms with Gasteiger partial charge in [0.1, 0.15) is 5.75 Å². The average molecular weight is 494 g/mol. The Bertz CT molecular complexity index is 1080. The van der Waals surface area contributed by atoms with Gasteiger partial charge in [-0.15, -0.1) is 0 Å². The van der Waals surface area contributed by atoms with Gasteiger partial charge in [0.15, 0.2) is 0 Å². The van der Waals surface area contributed by atoms with E-state index in [1.165, 1.54) is 4.90 Å². The van der Waals surface area contributed by atoms with E-state index in [0.717, 1.165) is 19.4 Å². The van der Waals surface area contributed by atoms with Gasteiger partial charge in [0.2, 0.25) is 23.7 Å². The van der Waals surface area contributed by atoms with Crippen molar-refractivity contribution in [2.75, 3.05) is 44.7 Å². The number of aromatic nitrogens is 2. The molecule has 1 atom stereocenters. The Hall–Kier alpha value is -3.49. The molecule has 0 unspecified atom stereocenters. The van der Waals surface area contributed by atoms with Crippen LogP contribution in [0.1, 0.15) is 45.1 Å². The summed E-state index contributed by atoms with van der Waals surface area (Å²) < 4.78 is 5.28. The third-order valence-electron chi connectivity index (χ3n) is 7.12. The Labute approximate surface area is 212 Å². The lowest BCUT2D eigenvalue weighted by Gasteiger charge is -2.30. The van der Waals surface area contributed by atoms with Gasteiger partial charge >= 0.3 is 0 Å². The smallest absolute Gasteiger partial charge is 0.240 e. The molecule has 9 nitrogen and oxygen atoms in total. The van der Waals surface area contributed by atoms with Crippen molar-refractivity contribution in [3.05, 3.63) is 48.3 Å². The van der Waals surface area contributed by atoms with Gasteiger partial charge in [-0.05, 0) is 42.5 Å². The Morgan fingerprint density at radius 3 is 2.44 bits per heavy atom. The second-order valence-corrected chi connectivity index (χ2v) is 9.97. The first-order valence-electron chi connectivity index (χ1n) is 12.6. The van der Waals surface area contributed by atoms with E-state index >= 15 is 0 Å². The topological polar surface area (TPSA) is 95.9 Å². The minimum Gasteiger partial charge on any atom is -0.497 e. The molecule has 3 amide bonds. The van der Waals surface area contributed by atoms with E-state index in [2.05, 4.69) is 28.7 Å². The quantitative estimate of drug-likeness (QED) is 0.522. The van der Waals surface area contributed by atoms with Crippen molar-refractivity contribution in [3.8, 4) is 5.75 Å². The molecule has 2 aliphatic rings. The molecule has 4 rings (SSSR count). The first-order valence-corrected chi connectivity index (χ1v) is 12.6. The molecule has 1 aromatic carbocycles. The number of hydrogen-bond donors (Lipinski definition) is 0. The van der Waals surface area contributed by atoms with E-state index in [0.29, 0.717) is 49.4 Å². The van der Waals surface area contributed by atoms with Crippen LogP contribution in [0.2, 0.25) is 0 Å². The number of anilines is 1. The van der Waals surface area contributed by atoms with E-state index in [1.807, 2.05) is 4.90 Å². The van der Waals surface area contributed by atoms with E-state index in [9.17, 15) is 14.4 Å². The normalized spacial score (nSPS) is 20.7. The van der Waals surface area contributed by atoms with Gasteiger partial charge in [0, 0.05) is 58.0 Å². The van der Waals surface area contributed by atoms with Gasteiger partial charge in [0.05, 0.1) is 12.5 Å². The Morgan fingerprint density at radius 2 is 1.78 bits per heavy atom. The summed E-state index contributed by atoms with van der Waals surface area (Å²) in [5.41, 5.74) is -0.525. The molecule has 0 saturated carbocycles. The summed E-state index contributed by atoms with van der Waals surface area (Å²) in [4.78, 5) is 54.4. The minimum absolute atomic E-state index is 0.000181. The van der Waals surface area contributed by atoms with Crippen LogP contribution >= 0.6 is 0 Å².